The summed E-state index contributed by atoms with van der Waals surface area (Å²) in [6.45, 7) is 1.25. The van der Waals surface area contributed by atoms with Crippen LogP contribution in [-0.4, -0.2) is 32.8 Å². The number of hydrogen-bond acceptors (Lipinski definition) is 4. The molecular weight excluding hydrogens is 472 g/mol. The molecule has 2 rings (SSSR count). The van der Waals surface area contributed by atoms with Gasteiger partial charge in [-0.3, -0.25) is 9.10 Å². The number of rotatable bonds is 6. The van der Waals surface area contributed by atoms with Gasteiger partial charge in [-0.05, 0) is 71.5 Å². The molecule has 0 heterocycles. The molecule has 0 atom stereocenters. The number of sulfonamides is 1. The van der Waals surface area contributed by atoms with Crippen molar-refractivity contribution in [2.75, 3.05) is 17.1 Å². The predicted molar refractivity (Wildman–Crippen MR) is 108 cm³/mol. The molecule has 0 fully saturated rings. The molecule has 0 spiro atoms. The second kappa shape index (κ2) is 8.58. The van der Waals surface area contributed by atoms with Crippen LogP contribution in [0.5, 0.6) is 0 Å². The van der Waals surface area contributed by atoms with Crippen LogP contribution in [0.2, 0.25) is 0 Å². The Labute approximate surface area is 165 Å². The first-order valence-electron chi connectivity index (χ1n) is 7.49. The highest BCUT2D eigenvalue weighted by atomic mass is 127. The Hall–Kier alpha value is -2.01. The van der Waals surface area contributed by atoms with Crippen LogP contribution in [0.25, 0.3) is 0 Å². The van der Waals surface area contributed by atoms with Crippen LogP contribution in [0.15, 0.2) is 53.6 Å². The van der Waals surface area contributed by atoms with E-state index in [1.54, 1.807) is 31.2 Å². The first-order valence-corrected chi connectivity index (χ1v) is 10.4. The molecule has 138 valence electrons. The highest BCUT2D eigenvalue weighted by Gasteiger charge is 2.20. The number of anilines is 1. The Morgan fingerprint density at radius 3 is 2.27 bits per heavy atom. The largest absolute Gasteiger partial charge is 0.271 e. The first-order chi connectivity index (χ1) is 12.2. The number of hydrazone groups is 1. The van der Waals surface area contributed by atoms with Crippen molar-refractivity contribution in [3.8, 4) is 0 Å². The Morgan fingerprint density at radius 2 is 1.73 bits per heavy atom. The first kappa shape index (κ1) is 20.3. The zero-order valence-corrected chi connectivity index (χ0v) is 17.1. The number of amides is 1. The molecule has 0 radical (unpaired) electrons. The highest BCUT2D eigenvalue weighted by Crippen LogP contribution is 2.18. The van der Waals surface area contributed by atoms with Gasteiger partial charge in [-0.1, -0.05) is 12.1 Å². The molecule has 26 heavy (non-hydrogen) atoms. The van der Waals surface area contributed by atoms with E-state index in [1.807, 2.05) is 0 Å². The molecule has 0 aliphatic heterocycles. The maximum atomic E-state index is 12.9. The molecule has 2 aromatic rings. The normalized spacial score (nSPS) is 11.9. The lowest BCUT2D eigenvalue weighted by molar-refractivity contribution is -0.119. The van der Waals surface area contributed by atoms with Gasteiger partial charge in [-0.25, -0.2) is 18.2 Å². The second-order valence-corrected chi connectivity index (χ2v) is 8.64. The van der Waals surface area contributed by atoms with Crippen LogP contribution < -0.4 is 9.73 Å². The van der Waals surface area contributed by atoms with Gasteiger partial charge in [0, 0.05) is 3.57 Å². The zero-order valence-electron chi connectivity index (χ0n) is 14.1. The van der Waals surface area contributed by atoms with Gasteiger partial charge < -0.3 is 0 Å². The molecule has 9 heteroatoms. The fourth-order valence-corrected chi connectivity index (χ4v) is 3.29. The summed E-state index contributed by atoms with van der Waals surface area (Å²) in [6.07, 6.45) is 1.03. The topological polar surface area (TPSA) is 78.8 Å². The third kappa shape index (κ3) is 5.77. The third-order valence-corrected chi connectivity index (χ3v) is 5.27. The average molecular weight is 489 g/mol. The van der Waals surface area contributed by atoms with E-state index in [0.717, 1.165) is 14.1 Å². The average Bonchev–Trinajstić information content (AvgIpc) is 2.58. The summed E-state index contributed by atoms with van der Waals surface area (Å²) < 4.78 is 38.9. The van der Waals surface area contributed by atoms with Crippen LogP contribution >= 0.6 is 22.6 Å². The van der Waals surface area contributed by atoms with Gasteiger partial charge in [0.05, 0.1) is 17.7 Å². The summed E-state index contributed by atoms with van der Waals surface area (Å²) in [5.74, 6) is -0.956. The standard InChI is InChI=1S/C17H17FIN3O3S/c1-12(13-3-5-14(18)6-4-13)20-21-17(23)11-22(26(2,24)25)16-9-7-15(19)8-10-16/h3-10H,11H2,1-2H3,(H,21,23)/b20-12-. The molecule has 0 saturated carbocycles. The van der Waals surface area contributed by atoms with Crippen LogP contribution in [-0.2, 0) is 14.8 Å². The highest BCUT2D eigenvalue weighted by molar-refractivity contribution is 14.1. The van der Waals surface area contributed by atoms with E-state index >= 15 is 0 Å². The predicted octanol–water partition coefficient (Wildman–Crippen LogP) is 2.74. The molecule has 6 nitrogen and oxygen atoms in total. The number of hydrogen-bond donors (Lipinski definition) is 1. The number of carbonyl (C=O) groups is 1. The Balaban J connectivity index is 2.11. The molecule has 0 aromatic heterocycles. The number of nitrogens with one attached hydrogen (secondary N) is 1. The van der Waals surface area contributed by atoms with E-state index in [2.05, 4.69) is 33.1 Å². The Kier molecular flexibility index (Phi) is 6.70. The van der Waals surface area contributed by atoms with E-state index in [1.165, 1.54) is 24.3 Å². The van der Waals surface area contributed by atoms with Gasteiger partial charge in [-0.2, -0.15) is 5.10 Å². The van der Waals surface area contributed by atoms with Crippen molar-refractivity contribution in [2.24, 2.45) is 5.10 Å². The fraction of sp³-hybridized carbons (Fsp3) is 0.176. The number of halogens is 2. The molecule has 0 aliphatic carbocycles. The second-order valence-electron chi connectivity index (χ2n) is 5.49. The molecule has 1 N–H and O–H groups in total. The number of nitrogens with zero attached hydrogens (tertiary/aromatic N) is 2. The van der Waals surface area contributed by atoms with E-state index in [0.29, 0.717) is 17.0 Å². The minimum Gasteiger partial charge on any atom is -0.271 e. The number of benzene rings is 2. The number of carbonyl (C=O) groups excluding carboxylic acids is 1. The molecule has 1 amide bonds. The van der Waals surface area contributed by atoms with Crippen LogP contribution in [0.4, 0.5) is 10.1 Å². The van der Waals surface area contributed by atoms with Gasteiger partial charge in [0.1, 0.15) is 12.4 Å². The molecule has 0 unspecified atom stereocenters. The summed E-state index contributed by atoms with van der Waals surface area (Å²) in [4.78, 5) is 12.1. The Bertz CT molecular complexity index is 913. The lowest BCUT2D eigenvalue weighted by Crippen LogP contribution is -2.39. The monoisotopic (exact) mass is 489 g/mol. The summed E-state index contributed by atoms with van der Waals surface area (Å²) in [7, 11) is -3.64. The summed E-state index contributed by atoms with van der Waals surface area (Å²) >= 11 is 2.11. The van der Waals surface area contributed by atoms with Gasteiger partial charge in [0.2, 0.25) is 10.0 Å². The molecule has 0 aliphatic rings. The van der Waals surface area contributed by atoms with Crippen LogP contribution in [0.3, 0.4) is 0 Å². The van der Waals surface area contributed by atoms with Crippen molar-refractivity contribution in [3.63, 3.8) is 0 Å². The van der Waals surface area contributed by atoms with Gasteiger partial charge in [0.25, 0.3) is 5.91 Å². The van der Waals surface area contributed by atoms with Gasteiger partial charge in [0.15, 0.2) is 0 Å². The SMILES string of the molecule is C/C(=N/NC(=O)CN(c1ccc(I)cc1)S(C)(=O)=O)c1ccc(F)cc1. The molecular formula is C17H17FIN3O3S. The van der Waals surface area contributed by atoms with Crippen molar-refractivity contribution < 1.29 is 17.6 Å². The summed E-state index contributed by atoms with van der Waals surface area (Å²) in [5, 5.41) is 3.94. The fourth-order valence-electron chi connectivity index (χ4n) is 2.08. The zero-order chi connectivity index (χ0) is 19.3. The van der Waals surface area contributed by atoms with Gasteiger partial charge >= 0.3 is 0 Å². The third-order valence-electron chi connectivity index (χ3n) is 3.41. The van der Waals surface area contributed by atoms with E-state index in [-0.39, 0.29) is 5.82 Å². The van der Waals surface area contributed by atoms with Crippen molar-refractivity contribution >= 4 is 49.9 Å². The quantitative estimate of drug-likeness (QED) is 0.385. The smallest absolute Gasteiger partial charge is 0.260 e. The van der Waals surface area contributed by atoms with Crippen molar-refractivity contribution in [1.82, 2.24) is 5.43 Å². The van der Waals surface area contributed by atoms with Gasteiger partial charge in [-0.15, -0.1) is 0 Å². The van der Waals surface area contributed by atoms with Crippen molar-refractivity contribution in [3.05, 3.63) is 63.5 Å². The van der Waals surface area contributed by atoms with Crippen molar-refractivity contribution in [1.29, 1.82) is 0 Å². The van der Waals surface area contributed by atoms with Crippen LogP contribution in [0.1, 0.15) is 12.5 Å². The molecule has 2 aromatic carbocycles. The minimum atomic E-state index is -3.64. The maximum absolute atomic E-state index is 12.9. The lowest BCUT2D eigenvalue weighted by Gasteiger charge is -2.21. The minimum absolute atomic E-state index is 0.369. The molecule has 0 bridgehead atoms. The molecule has 0 saturated heterocycles. The summed E-state index contributed by atoms with van der Waals surface area (Å²) in [5.41, 5.74) is 3.83. The van der Waals surface area contributed by atoms with Crippen LogP contribution in [0, 0.1) is 9.39 Å². The lowest BCUT2D eigenvalue weighted by atomic mass is 10.1. The van der Waals surface area contributed by atoms with Crippen molar-refractivity contribution in [2.45, 2.75) is 6.92 Å². The van der Waals surface area contributed by atoms with E-state index in [4.69, 9.17) is 0 Å². The van der Waals surface area contributed by atoms with E-state index in [9.17, 15) is 17.6 Å². The Morgan fingerprint density at radius 1 is 1.15 bits per heavy atom. The summed E-state index contributed by atoms with van der Waals surface area (Å²) in [6, 6.07) is 12.4. The maximum Gasteiger partial charge on any atom is 0.260 e. The van der Waals surface area contributed by atoms with E-state index < -0.39 is 22.5 Å².